The molecule has 0 saturated heterocycles. The summed E-state index contributed by atoms with van der Waals surface area (Å²) in [5, 5.41) is -0.00854. The molecular weight excluding hydrogens is 486 g/mol. The van der Waals surface area contributed by atoms with Crippen molar-refractivity contribution < 1.29 is 17.9 Å². The highest BCUT2D eigenvalue weighted by molar-refractivity contribution is 7.90. The number of nitrogens with zero attached hydrogens (tertiary/aromatic N) is 3. The number of sulfone groups is 1. The Bertz CT molecular complexity index is 1420. The lowest BCUT2D eigenvalue weighted by molar-refractivity contribution is 0.0675. The molecule has 3 aromatic carbocycles. The minimum Gasteiger partial charge on any atom is -0.383 e. The average molecular weight is 518 g/mol. The van der Waals surface area contributed by atoms with Gasteiger partial charge in [0.15, 0.2) is 0 Å². The third-order valence-corrected chi connectivity index (χ3v) is 7.66. The predicted octanol–water partition coefficient (Wildman–Crippen LogP) is 4.50. The fourth-order valence-electron chi connectivity index (χ4n) is 4.08. The number of hydrogen-bond acceptors (Lipinski definition) is 5. The zero-order valence-corrected chi connectivity index (χ0v) is 21.9. The first kappa shape index (κ1) is 26.3. The first-order valence-corrected chi connectivity index (χ1v) is 13.7. The molecule has 8 heteroatoms. The smallest absolute Gasteiger partial charge is 0.254 e. The molecule has 0 radical (unpaired) electrons. The number of amides is 1. The van der Waals surface area contributed by atoms with E-state index in [0.29, 0.717) is 36.5 Å². The number of hydrogen-bond donors (Lipinski definition) is 0. The van der Waals surface area contributed by atoms with E-state index in [9.17, 15) is 13.2 Å². The lowest BCUT2D eigenvalue weighted by Gasteiger charge is -2.23. The van der Waals surface area contributed by atoms with Crippen LogP contribution in [0, 0.1) is 6.92 Å². The van der Waals surface area contributed by atoms with E-state index in [0.717, 1.165) is 11.1 Å². The highest BCUT2D eigenvalue weighted by Gasteiger charge is 2.26. The third kappa shape index (κ3) is 6.72. The molecule has 4 rings (SSSR count). The number of rotatable bonds is 11. The van der Waals surface area contributed by atoms with Crippen LogP contribution in [0.25, 0.3) is 0 Å². The molecule has 0 aliphatic heterocycles. The summed E-state index contributed by atoms with van der Waals surface area (Å²) in [6.07, 6.45) is 1.56. The predicted molar refractivity (Wildman–Crippen MR) is 143 cm³/mol. The molecule has 37 heavy (non-hydrogen) atoms. The average Bonchev–Trinajstić information content (AvgIpc) is 3.31. The topological polar surface area (TPSA) is 81.5 Å². The molecule has 1 aromatic heterocycles. The van der Waals surface area contributed by atoms with E-state index >= 15 is 0 Å². The van der Waals surface area contributed by atoms with Crippen molar-refractivity contribution in [2.75, 3.05) is 20.3 Å². The molecule has 0 aliphatic rings. The van der Waals surface area contributed by atoms with Crippen LogP contribution in [-0.4, -0.2) is 49.0 Å². The SMILES string of the molecule is COCCN(Cc1cnc(S(=O)(=O)Cc2ccc(C)cc2)n1Cc1ccccc1)C(=O)c1ccccc1. The van der Waals surface area contributed by atoms with Crippen molar-refractivity contribution in [3.8, 4) is 0 Å². The standard InChI is InChI=1S/C29H31N3O4S/c1-23-13-15-25(16-14-23)22-37(34,35)29-30-19-27(32(29)20-24-9-5-3-6-10-24)21-31(17-18-36-2)28(33)26-11-7-4-8-12-26/h3-16,19H,17-18,20-22H2,1-2H3. The number of aromatic nitrogens is 2. The van der Waals surface area contributed by atoms with Crippen molar-refractivity contribution in [3.63, 3.8) is 0 Å². The summed E-state index contributed by atoms with van der Waals surface area (Å²) in [7, 11) is -2.17. The minimum absolute atomic E-state index is 0.00854. The maximum atomic E-state index is 13.5. The van der Waals surface area contributed by atoms with E-state index in [4.69, 9.17) is 4.74 Å². The molecule has 7 nitrogen and oxygen atoms in total. The second kappa shape index (κ2) is 12.0. The van der Waals surface area contributed by atoms with Crippen molar-refractivity contribution in [2.24, 2.45) is 0 Å². The summed E-state index contributed by atoms with van der Waals surface area (Å²) in [4.78, 5) is 19.3. The normalized spacial score (nSPS) is 11.4. The monoisotopic (exact) mass is 517 g/mol. The van der Waals surface area contributed by atoms with Crippen LogP contribution in [0.3, 0.4) is 0 Å². The number of imidazole rings is 1. The van der Waals surface area contributed by atoms with Crippen LogP contribution in [0.1, 0.15) is 32.7 Å². The van der Waals surface area contributed by atoms with Gasteiger partial charge >= 0.3 is 0 Å². The Labute approximate surface area is 218 Å². The Morgan fingerprint density at radius 1 is 0.919 bits per heavy atom. The zero-order chi connectivity index (χ0) is 26.3. The number of ether oxygens (including phenoxy) is 1. The second-order valence-corrected chi connectivity index (χ2v) is 10.8. The van der Waals surface area contributed by atoms with E-state index < -0.39 is 9.84 Å². The van der Waals surface area contributed by atoms with Gasteiger partial charge in [-0.2, -0.15) is 0 Å². The van der Waals surface area contributed by atoms with Gasteiger partial charge in [0.25, 0.3) is 5.91 Å². The van der Waals surface area contributed by atoms with Crippen LogP contribution >= 0.6 is 0 Å². The quantitative estimate of drug-likeness (QED) is 0.293. The molecule has 0 spiro atoms. The molecule has 0 aliphatic carbocycles. The van der Waals surface area contributed by atoms with Crippen LogP contribution in [-0.2, 0) is 33.4 Å². The Morgan fingerprint density at radius 2 is 1.57 bits per heavy atom. The molecular formula is C29H31N3O4S. The van der Waals surface area contributed by atoms with Crippen molar-refractivity contribution in [1.82, 2.24) is 14.5 Å². The highest BCUT2D eigenvalue weighted by Crippen LogP contribution is 2.21. The maximum Gasteiger partial charge on any atom is 0.254 e. The van der Waals surface area contributed by atoms with Gasteiger partial charge in [-0.3, -0.25) is 4.79 Å². The van der Waals surface area contributed by atoms with Gasteiger partial charge in [-0.15, -0.1) is 0 Å². The van der Waals surface area contributed by atoms with Crippen LogP contribution in [0.5, 0.6) is 0 Å². The summed E-state index contributed by atoms with van der Waals surface area (Å²) in [6, 6.07) is 26.1. The van der Waals surface area contributed by atoms with Crippen LogP contribution in [0.15, 0.2) is 96.3 Å². The first-order chi connectivity index (χ1) is 17.9. The summed E-state index contributed by atoms with van der Waals surface area (Å²) in [5.74, 6) is -0.316. The number of carbonyl (C=O) groups is 1. The fourth-order valence-corrected chi connectivity index (χ4v) is 5.57. The largest absolute Gasteiger partial charge is 0.383 e. The molecule has 1 amide bonds. The highest BCUT2D eigenvalue weighted by atomic mass is 32.2. The van der Waals surface area contributed by atoms with Crippen molar-refractivity contribution in [1.29, 1.82) is 0 Å². The van der Waals surface area contributed by atoms with Crippen LogP contribution in [0.2, 0.25) is 0 Å². The van der Waals surface area contributed by atoms with Crippen molar-refractivity contribution in [2.45, 2.75) is 30.9 Å². The molecule has 0 saturated carbocycles. The van der Waals surface area contributed by atoms with Gasteiger partial charge in [-0.05, 0) is 30.2 Å². The number of carbonyl (C=O) groups excluding carboxylic acids is 1. The molecule has 4 aromatic rings. The number of aryl methyl sites for hydroxylation is 1. The Balaban J connectivity index is 1.70. The van der Waals surface area contributed by atoms with E-state index in [1.165, 1.54) is 0 Å². The van der Waals surface area contributed by atoms with Crippen molar-refractivity contribution >= 4 is 15.7 Å². The second-order valence-electron chi connectivity index (χ2n) is 8.93. The minimum atomic E-state index is -3.76. The van der Waals surface area contributed by atoms with E-state index in [-0.39, 0.29) is 23.4 Å². The third-order valence-electron chi connectivity index (χ3n) is 6.07. The molecule has 192 valence electrons. The van der Waals surface area contributed by atoms with Crippen molar-refractivity contribution in [3.05, 3.63) is 119 Å². The van der Waals surface area contributed by atoms with Crippen LogP contribution in [0.4, 0.5) is 0 Å². The first-order valence-electron chi connectivity index (χ1n) is 12.1. The van der Waals surface area contributed by atoms with Gasteiger partial charge in [-0.25, -0.2) is 13.4 Å². The Hall–Kier alpha value is -3.75. The van der Waals surface area contributed by atoms with Gasteiger partial charge in [0.05, 0.1) is 37.3 Å². The molecule has 0 fully saturated rings. The fraction of sp³-hybridized carbons (Fsp3) is 0.241. The number of benzene rings is 3. The summed E-state index contributed by atoms with van der Waals surface area (Å²) in [6.45, 7) is 3.17. The van der Waals surface area contributed by atoms with Gasteiger partial charge in [0.2, 0.25) is 15.0 Å². The lowest BCUT2D eigenvalue weighted by atomic mass is 10.2. The summed E-state index contributed by atoms with van der Waals surface area (Å²) < 4.78 is 34.0. The summed E-state index contributed by atoms with van der Waals surface area (Å²) in [5.41, 5.74) is 3.88. The van der Waals surface area contributed by atoms with Crippen LogP contribution < -0.4 is 0 Å². The maximum absolute atomic E-state index is 13.5. The molecule has 0 unspecified atom stereocenters. The van der Waals surface area contributed by atoms with Gasteiger partial charge < -0.3 is 14.2 Å². The molecule has 0 atom stereocenters. The molecule has 1 heterocycles. The van der Waals surface area contributed by atoms with E-state index in [1.807, 2.05) is 79.7 Å². The van der Waals surface area contributed by atoms with Gasteiger partial charge in [-0.1, -0.05) is 78.4 Å². The summed E-state index contributed by atoms with van der Waals surface area (Å²) >= 11 is 0. The van der Waals surface area contributed by atoms with E-state index in [2.05, 4.69) is 4.98 Å². The lowest BCUT2D eigenvalue weighted by Crippen LogP contribution is -2.34. The zero-order valence-electron chi connectivity index (χ0n) is 21.1. The van der Waals surface area contributed by atoms with E-state index in [1.54, 1.807) is 34.9 Å². The Kier molecular flexibility index (Phi) is 8.53. The van der Waals surface area contributed by atoms with Gasteiger partial charge in [0.1, 0.15) is 0 Å². The van der Waals surface area contributed by atoms with Gasteiger partial charge in [0, 0.05) is 19.2 Å². The molecule has 0 bridgehead atoms. The molecule has 0 N–H and O–H groups in total. The Morgan fingerprint density at radius 3 is 2.22 bits per heavy atom. The number of methoxy groups -OCH3 is 1.